The van der Waals surface area contributed by atoms with Crippen LogP contribution in [0.25, 0.3) is 0 Å². The quantitative estimate of drug-likeness (QED) is 0.181. The maximum Gasteiger partial charge on any atom is 0.240 e. The third-order valence-electron chi connectivity index (χ3n) is 3.23. The minimum atomic E-state index is -3.54. The molecule has 26 heavy (non-hydrogen) atoms. The third kappa shape index (κ3) is 9.67. The van der Waals surface area contributed by atoms with Crippen LogP contribution in [-0.2, 0) is 26.0 Å². The minimum Gasteiger partial charge on any atom is -0.383 e. The maximum absolute atomic E-state index is 12.2. The Labute approximate surface area is 173 Å². The average molecular weight is 500 g/mol. The highest BCUT2D eigenvalue weighted by atomic mass is 127. The highest BCUT2D eigenvalue weighted by Gasteiger charge is 2.13. The number of aliphatic imine (C=N–C) groups is 1. The molecule has 10 heteroatoms. The standard InChI is InChI=1S/C16H28N4O4S.HI/c1-4-24-11-8-18-16(17-2)19-13-14-6-5-7-15(12-14)25(21,22)20-9-10-23-3;/h5-7,12,20H,4,8-11,13H2,1-3H3,(H2,17,18,19);1H. The Balaban J connectivity index is 0.00000625. The van der Waals surface area contributed by atoms with Gasteiger partial charge in [-0.25, -0.2) is 13.1 Å². The summed E-state index contributed by atoms with van der Waals surface area (Å²) in [7, 11) is -0.339. The van der Waals surface area contributed by atoms with Gasteiger partial charge in [0.15, 0.2) is 5.96 Å². The van der Waals surface area contributed by atoms with Crippen molar-refractivity contribution in [3.8, 4) is 0 Å². The second-order valence-electron chi connectivity index (χ2n) is 5.09. The molecular formula is C16H29IN4O4S. The number of guanidine groups is 1. The molecule has 0 radical (unpaired) electrons. The first-order valence-corrected chi connectivity index (χ1v) is 9.61. The van der Waals surface area contributed by atoms with E-state index in [0.29, 0.717) is 38.9 Å². The Bertz CT molecular complexity index is 641. The van der Waals surface area contributed by atoms with E-state index in [4.69, 9.17) is 9.47 Å². The van der Waals surface area contributed by atoms with Gasteiger partial charge in [-0.05, 0) is 24.6 Å². The molecule has 0 fully saturated rings. The van der Waals surface area contributed by atoms with Gasteiger partial charge >= 0.3 is 0 Å². The zero-order valence-corrected chi connectivity index (χ0v) is 18.6. The number of benzene rings is 1. The van der Waals surface area contributed by atoms with Gasteiger partial charge in [0.2, 0.25) is 10.0 Å². The number of hydrogen-bond acceptors (Lipinski definition) is 5. The van der Waals surface area contributed by atoms with Crippen LogP contribution in [0.5, 0.6) is 0 Å². The van der Waals surface area contributed by atoms with Gasteiger partial charge in [-0.2, -0.15) is 0 Å². The summed E-state index contributed by atoms with van der Waals surface area (Å²) in [5, 5.41) is 6.26. The van der Waals surface area contributed by atoms with Gasteiger partial charge in [0.05, 0.1) is 18.1 Å². The summed E-state index contributed by atoms with van der Waals surface area (Å²) in [4.78, 5) is 4.34. The molecule has 0 aromatic heterocycles. The highest BCUT2D eigenvalue weighted by Crippen LogP contribution is 2.11. The molecule has 0 saturated heterocycles. The SMILES string of the molecule is CCOCCNC(=NC)NCc1cccc(S(=O)(=O)NCCOC)c1.I. The van der Waals surface area contributed by atoms with Crippen LogP contribution in [0.4, 0.5) is 0 Å². The molecule has 1 rings (SSSR count). The molecule has 0 heterocycles. The number of sulfonamides is 1. The fourth-order valence-corrected chi connectivity index (χ4v) is 3.06. The van der Waals surface area contributed by atoms with Crippen LogP contribution < -0.4 is 15.4 Å². The molecule has 1 aromatic rings. The van der Waals surface area contributed by atoms with Crippen molar-refractivity contribution in [3.05, 3.63) is 29.8 Å². The van der Waals surface area contributed by atoms with Gasteiger partial charge in [0.25, 0.3) is 0 Å². The molecule has 0 amide bonds. The van der Waals surface area contributed by atoms with Crippen LogP contribution >= 0.6 is 24.0 Å². The minimum absolute atomic E-state index is 0. The second-order valence-corrected chi connectivity index (χ2v) is 6.85. The molecule has 8 nitrogen and oxygen atoms in total. The van der Waals surface area contributed by atoms with E-state index in [2.05, 4.69) is 20.3 Å². The maximum atomic E-state index is 12.2. The van der Waals surface area contributed by atoms with Crippen molar-refractivity contribution in [2.24, 2.45) is 4.99 Å². The largest absolute Gasteiger partial charge is 0.383 e. The molecule has 1 aromatic carbocycles. The van der Waals surface area contributed by atoms with Crippen LogP contribution in [-0.4, -0.2) is 61.4 Å². The predicted octanol–water partition coefficient (Wildman–Crippen LogP) is 0.931. The summed E-state index contributed by atoms with van der Waals surface area (Å²) in [5.41, 5.74) is 0.836. The lowest BCUT2D eigenvalue weighted by Crippen LogP contribution is -2.38. The van der Waals surface area contributed by atoms with Crippen LogP contribution in [0.2, 0.25) is 0 Å². The number of ether oxygens (including phenoxy) is 2. The van der Waals surface area contributed by atoms with Crippen molar-refractivity contribution in [1.82, 2.24) is 15.4 Å². The lowest BCUT2D eigenvalue weighted by Gasteiger charge is -2.13. The van der Waals surface area contributed by atoms with E-state index in [0.717, 1.165) is 5.56 Å². The summed E-state index contributed by atoms with van der Waals surface area (Å²) in [6.07, 6.45) is 0. The van der Waals surface area contributed by atoms with Gasteiger partial charge in [-0.3, -0.25) is 4.99 Å². The second kappa shape index (κ2) is 14.2. The Kier molecular flexibility index (Phi) is 13.6. The smallest absolute Gasteiger partial charge is 0.240 e. The molecule has 0 aliphatic heterocycles. The number of hydrogen-bond donors (Lipinski definition) is 3. The predicted molar refractivity (Wildman–Crippen MR) is 114 cm³/mol. The van der Waals surface area contributed by atoms with Crippen molar-refractivity contribution >= 4 is 40.0 Å². The number of halogens is 1. The Hall–Kier alpha value is -0.950. The van der Waals surface area contributed by atoms with Crippen molar-refractivity contribution < 1.29 is 17.9 Å². The van der Waals surface area contributed by atoms with Gasteiger partial charge < -0.3 is 20.1 Å². The fourth-order valence-electron chi connectivity index (χ4n) is 1.98. The van der Waals surface area contributed by atoms with Crippen LogP contribution in [0, 0.1) is 0 Å². The summed E-state index contributed by atoms with van der Waals surface area (Å²) in [6, 6.07) is 6.77. The van der Waals surface area contributed by atoms with Crippen molar-refractivity contribution in [3.63, 3.8) is 0 Å². The molecule has 0 bridgehead atoms. The van der Waals surface area contributed by atoms with Gasteiger partial charge in [0, 0.05) is 40.4 Å². The van der Waals surface area contributed by atoms with Crippen LogP contribution in [0.1, 0.15) is 12.5 Å². The number of nitrogens with one attached hydrogen (secondary N) is 3. The van der Waals surface area contributed by atoms with Crippen molar-refractivity contribution in [2.45, 2.75) is 18.4 Å². The van der Waals surface area contributed by atoms with E-state index in [1.165, 1.54) is 7.11 Å². The summed E-state index contributed by atoms with van der Waals surface area (Å²) >= 11 is 0. The first kappa shape index (κ1) is 25.1. The van der Waals surface area contributed by atoms with E-state index in [9.17, 15) is 8.42 Å². The van der Waals surface area contributed by atoms with E-state index in [-0.39, 0.29) is 35.4 Å². The first-order chi connectivity index (χ1) is 12.0. The molecule has 0 aliphatic carbocycles. The molecule has 0 atom stereocenters. The summed E-state index contributed by atoms with van der Waals surface area (Å²) in [5.74, 6) is 0.631. The summed E-state index contributed by atoms with van der Waals surface area (Å²) in [6.45, 7) is 4.87. The molecular weight excluding hydrogens is 471 g/mol. The van der Waals surface area contributed by atoms with E-state index in [1.807, 2.05) is 13.0 Å². The zero-order chi connectivity index (χ0) is 18.5. The molecule has 0 aliphatic rings. The van der Waals surface area contributed by atoms with Crippen LogP contribution in [0.3, 0.4) is 0 Å². The Morgan fingerprint density at radius 1 is 1.19 bits per heavy atom. The normalized spacial score (nSPS) is 11.7. The Morgan fingerprint density at radius 3 is 2.62 bits per heavy atom. The average Bonchev–Trinajstić information content (AvgIpc) is 2.61. The van der Waals surface area contributed by atoms with Crippen molar-refractivity contribution in [1.29, 1.82) is 0 Å². The fraction of sp³-hybridized carbons (Fsp3) is 0.562. The molecule has 150 valence electrons. The number of methoxy groups -OCH3 is 1. The molecule has 0 spiro atoms. The lowest BCUT2D eigenvalue weighted by molar-refractivity contribution is 0.152. The summed E-state index contributed by atoms with van der Waals surface area (Å²) < 4.78 is 37.0. The topological polar surface area (TPSA) is 101 Å². The van der Waals surface area contributed by atoms with E-state index < -0.39 is 10.0 Å². The van der Waals surface area contributed by atoms with Crippen LogP contribution in [0.15, 0.2) is 34.2 Å². The molecule has 3 N–H and O–H groups in total. The van der Waals surface area contributed by atoms with E-state index >= 15 is 0 Å². The number of rotatable bonds is 11. The van der Waals surface area contributed by atoms with E-state index in [1.54, 1.807) is 25.2 Å². The Morgan fingerprint density at radius 2 is 1.96 bits per heavy atom. The highest BCUT2D eigenvalue weighted by molar-refractivity contribution is 14.0. The zero-order valence-electron chi connectivity index (χ0n) is 15.4. The van der Waals surface area contributed by atoms with Crippen molar-refractivity contribution in [2.75, 3.05) is 47.1 Å². The monoisotopic (exact) mass is 500 g/mol. The first-order valence-electron chi connectivity index (χ1n) is 8.13. The van der Waals surface area contributed by atoms with Gasteiger partial charge in [-0.15, -0.1) is 24.0 Å². The van der Waals surface area contributed by atoms with Gasteiger partial charge in [-0.1, -0.05) is 12.1 Å². The third-order valence-corrected chi connectivity index (χ3v) is 4.69. The molecule has 0 unspecified atom stereocenters. The molecule has 0 saturated carbocycles. The number of nitrogens with zero attached hydrogens (tertiary/aromatic N) is 1. The van der Waals surface area contributed by atoms with Gasteiger partial charge in [0.1, 0.15) is 0 Å². The lowest BCUT2D eigenvalue weighted by atomic mass is 10.2.